The van der Waals surface area contributed by atoms with Gasteiger partial charge in [-0.3, -0.25) is 9.69 Å². The highest BCUT2D eigenvalue weighted by Crippen LogP contribution is 2.30. The Balaban J connectivity index is 1.36. The normalized spacial score (nSPS) is 20.0. The fraction of sp³-hybridized carbons (Fsp3) is 0.550. The predicted octanol–water partition coefficient (Wildman–Crippen LogP) is 1.80. The highest BCUT2D eigenvalue weighted by molar-refractivity contribution is 5.83. The summed E-state index contributed by atoms with van der Waals surface area (Å²) in [5, 5.41) is 11.6. The van der Waals surface area contributed by atoms with E-state index in [0.717, 1.165) is 64.2 Å². The average molecular weight is 387 g/mol. The van der Waals surface area contributed by atoms with E-state index in [2.05, 4.69) is 20.4 Å². The van der Waals surface area contributed by atoms with Crippen molar-refractivity contribution in [3.8, 4) is 11.4 Å². The lowest BCUT2D eigenvalue weighted by atomic mass is 9.97. The number of rotatable bonds is 6. The summed E-state index contributed by atoms with van der Waals surface area (Å²) in [5.74, 6) is 0.854. The average Bonchev–Trinajstić information content (AvgIpc) is 3.16. The zero-order chi connectivity index (χ0) is 19.3. The van der Waals surface area contributed by atoms with Crippen molar-refractivity contribution >= 4 is 5.91 Å². The van der Waals surface area contributed by atoms with Crippen LogP contribution in [0.15, 0.2) is 24.3 Å². The summed E-state index contributed by atoms with van der Waals surface area (Å²) in [4.78, 5) is 15.1. The molecule has 1 N–H and O–H groups in total. The molecule has 1 atom stereocenters. The van der Waals surface area contributed by atoms with Crippen LogP contribution in [0.4, 0.5) is 4.39 Å². The molecule has 8 heteroatoms. The zero-order valence-corrected chi connectivity index (χ0v) is 15.9. The van der Waals surface area contributed by atoms with Crippen molar-refractivity contribution in [3.05, 3.63) is 35.9 Å². The van der Waals surface area contributed by atoms with Gasteiger partial charge in [-0.15, -0.1) is 10.2 Å². The van der Waals surface area contributed by atoms with Gasteiger partial charge >= 0.3 is 0 Å². The van der Waals surface area contributed by atoms with Crippen LogP contribution >= 0.6 is 0 Å². The van der Waals surface area contributed by atoms with E-state index in [0.29, 0.717) is 18.2 Å². The number of nitrogens with zero attached hydrogens (tertiary/aromatic N) is 4. The Morgan fingerprint density at radius 2 is 1.96 bits per heavy atom. The minimum atomic E-state index is -0.281. The second-order valence-corrected chi connectivity index (χ2v) is 7.33. The van der Waals surface area contributed by atoms with Crippen molar-refractivity contribution in [2.75, 3.05) is 39.4 Å². The van der Waals surface area contributed by atoms with Gasteiger partial charge in [0.1, 0.15) is 11.6 Å². The number of aromatic nitrogens is 3. The third kappa shape index (κ3) is 4.23. The van der Waals surface area contributed by atoms with E-state index in [1.807, 2.05) is 4.57 Å². The van der Waals surface area contributed by atoms with Gasteiger partial charge in [-0.25, -0.2) is 4.39 Å². The molecule has 1 aromatic heterocycles. The van der Waals surface area contributed by atoms with Gasteiger partial charge in [-0.1, -0.05) is 0 Å². The van der Waals surface area contributed by atoms with Crippen LogP contribution < -0.4 is 5.32 Å². The van der Waals surface area contributed by atoms with E-state index in [-0.39, 0.29) is 17.6 Å². The van der Waals surface area contributed by atoms with Crippen LogP contribution in [0.5, 0.6) is 0 Å². The smallest absolute Gasteiger partial charge is 0.230 e. The van der Waals surface area contributed by atoms with Gasteiger partial charge in [0.25, 0.3) is 0 Å². The first kappa shape index (κ1) is 19.0. The predicted molar refractivity (Wildman–Crippen MR) is 102 cm³/mol. The molecule has 0 aliphatic carbocycles. The summed E-state index contributed by atoms with van der Waals surface area (Å²) in [6.07, 6.45) is 2.59. The molecular weight excluding hydrogens is 361 g/mol. The molecule has 1 fully saturated rings. The van der Waals surface area contributed by atoms with Crippen LogP contribution in [0.1, 0.15) is 31.0 Å². The molecule has 0 saturated carbocycles. The Morgan fingerprint density at radius 3 is 2.75 bits per heavy atom. The number of ether oxygens (including phenoxy) is 1. The quantitative estimate of drug-likeness (QED) is 0.766. The van der Waals surface area contributed by atoms with E-state index in [9.17, 15) is 9.18 Å². The van der Waals surface area contributed by atoms with E-state index >= 15 is 0 Å². The Kier molecular flexibility index (Phi) is 5.97. The van der Waals surface area contributed by atoms with Crippen LogP contribution in [-0.4, -0.2) is 65.0 Å². The van der Waals surface area contributed by atoms with Crippen molar-refractivity contribution in [2.45, 2.75) is 31.7 Å². The molecule has 3 heterocycles. The summed E-state index contributed by atoms with van der Waals surface area (Å²) in [6.45, 7) is 5.92. The summed E-state index contributed by atoms with van der Waals surface area (Å²) in [7, 11) is 0. The zero-order valence-electron chi connectivity index (χ0n) is 15.9. The van der Waals surface area contributed by atoms with Gasteiger partial charge in [-0.2, -0.15) is 0 Å². The maximum atomic E-state index is 13.2. The molecule has 4 rings (SSSR count). The molecule has 0 bridgehead atoms. The molecule has 2 aliphatic rings. The van der Waals surface area contributed by atoms with E-state index in [1.54, 1.807) is 12.1 Å². The monoisotopic (exact) mass is 387 g/mol. The maximum Gasteiger partial charge on any atom is 0.230 e. The summed E-state index contributed by atoms with van der Waals surface area (Å²) in [5.41, 5.74) is 0.812. The third-order valence-electron chi connectivity index (χ3n) is 5.44. The summed E-state index contributed by atoms with van der Waals surface area (Å²) >= 11 is 0. The van der Waals surface area contributed by atoms with Gasteiger partial charge in [0.2, 0.25) is 5.91 Å². The molecule has 0 radical (unpaired) electrons. The number of halogens is 1. The van der Waals surface area contributed by atoms with Crippen molar-refractivity contribution in [1.82, 2.24) is 25.0 Å². The standard InChI is InChI=1S/C20H26FN5O2/c21-16-6-4-15(5-7-16)18-23-24-19-17(3-1-10-26(18)19)20(27)22-8-2-9-25-11-13-28-14-12-25/h4-7,17H,1-3,8-14H2,(H,22,27). The van der Waals surface area contributed by atoms with Crippen molar-refractivity contribution < 1.29 is 13.9 Å². The number of hydrogen-bond acceptors (Lipinski definition) is 5. The van der Waals surface area contributed by atoms with Gasteiger partial charge < -0.3 is 14.6 Å². The number of nitrogens with one attached hydrogen (secondary N) is 1. The second kappa shape index (κ2) is 8.79. The van der Waals surface area contributed by atoms with Crippen LogP contribution in [-0.2, 0) is 16.1 Å². The molecule has 2 aromatic rings. The highest BCUT2D eigenvalue weighted by Gasteiger charge is 2.30. The van der Waals surface area contributed by atoms with Gasteiger partial charge in [0.15, 0.2) is 5.82 Å². The molecule has 28 heavy (non-hydrogen) atoms. The third-order valence-corrected chi connectivity index (χ3v) is 5.44. The maximum absolute atomic E-state index is 13.2. The summed E-state index contributed by atoms with van der Waals surface area (Å²) in [6, 6.07) is 6.22. The van der Waals surface area contributed by atoms with Crippen LogP contribution in [0.3, 0.4) is 0 Å². The number of carbonyl (C=O) groups excluding carboxylic acids is 1. The Morgan fingerprint density at radius 1 is 1.18 bits per heavy atom. The highest BCUT2D eigenvalue weighted by atomic mass is 19.1. The first-order valence-corrected chi connectivity index (χ1v) is 9.99. The largest absolute Gasteiger partial charge is 0.379 e. The topological polar surface area (TPSA) is 72.3 Å². The van der Waals surface area contributed by atoms with Crippen LogP contribution in [0, 0.1) is 5.82 Å². The summed E-state index contributed by atoms with van der Waals surface area (Å²) < 4.78 is 20.5. The van der Waals surface area contributed by atoms with Gasteiger partial charge in [0.05, 0.1) is 19.1 Å². The van der Waals surface area contributed by atoms with Crippen LogP contribution in [0.2, 0.25) is 0 Å². The first-order chi connectivity index (χ1) is 13.7. The fourth-order valence-corrected chi connectivity index (χ4v) is 3.90. The van der Waals surface area contributed by atoms with E-state index < -0.39 is 0 Å². The van der Waals surface area contributed by atoms with E-state index in [1.165, 1.54) is 12.1 Å². The Labute approximate surface area is 163 Å². The van der Waals surface area contributed by atoms with E-state index in [4.69, 9.17) is 4.74 Å². The number of hydrogen-bond donors (Lipinski definition) is 1. The van der Waals surface area contributed by atoms with Crippen molar-refractivity contribution in [2.24, 2.45) is 0 Å². The molecule has 7 nitrogen and oxygen atoms in total. The van der Waals surface area contributed by atoms with Gasteiger partial charge in [0, 0.05) is 31.7 Å². The number of morpholine rings is 1. The molecule has 1 unspecified atom stereocenters. The minimum Gasteiger partial charge on any atom is -0.379 e. The fourth-order valence-electron chi connectivity index (χ4n) is 3.90. The number of carbonyl (C=O) groups is 1. The van der Waals surface area contributed by atoms with Gasteiger partial charge in [-0.05, 0) is 50.1 Å². The molecule has 1 aromatic carbocycles. The molecule has 150 valence electrons. The molecule has 2 aliphatic heterocycles. The number of amides is 1. The number of benzene rings is 1. The lowest BCUT2D eigenvalue weighted by Gasteiger charge is -2.26. The van der Waals surface area contributed by atoms with Crippen molar-refractivity contribution in [1.29, 1.82) is 0 Å². The molecule has 1 saturated heterocycles. The Bertz CT molecular complexity index is 801. The SMILES string of the molecule is O=C(NCCCN1CCOCC1)C1CCCn2c(-c3ccc(F)cc3)nnc21. The number of fused-ring (bicyclic) bond motifs is 1. The van der Waals surface area contributed by atoms with Crippen LogP contribution in [0.25, 0.3) is 11.4 Å². The lowest BCUT2D eigenvalue weighted by Crippen LogP contribution is -2.39. The second-order valence-electron chi connectivity index (χ2n) is 7.33. The Hall–Kier alpha value is -2.32. The minimum absolute atomic E-state index is 0.0148. The molecule has 0 spiro atoms. The molecular formula is C20H26FN5O2. The molecule has 1 amide bonds. The van der Waals surface area contributed by atoms with Crippen molar-refractivity contribution in [3.63, 3.8) is 0 Å². The lowest BCUT2D eigenvalue weighted by molar-refractivity contribution is -0.123. The first-order valence-electron chi connectivity index (χ1n) is 9.99.